The fourth-order valence-corrected chi connectivity index (χ4v) is 6.72. The van der Waals surface area contributed by atoms with Crippen LogP contribution in [0.15, 0.2) is 66.7 Å². The summed E-state index contributed by atoms with van der Waals surface area (Å²) in [6.07, 6.45) is -2.84. The Morgan fingerprint density at radius 3 is 2.28 bits per heavy atom. The van der Waals surface area contributed by atoms with Crippen molar-refractivity contribution >= 4 is 49.8 Å². The Hall–Kier alpha value is -3.45. The number of carbonyl (C=O) groups excluding carboxylic acids is 1. The van der Waals surface area contributed by atoms with E-state index in [1.54, 1.807) is 54.6 Å². The molecule has 2 heterocycles. The third-order valence-electron chi connectivity index (χ3n) is 5.41. The molecule has 2 amide bonds. The van der Waals surface area contributed by atoms with Crippen molar-refractivity contribution in [3.63, 3.8) is 0 Å². The van der Waals surface area contributed by atoms with E-state index in [9.17, 15) is 26.4 Å². The van der Waals surface area contributed by atoms with Gasteiger partial charge in [-0.1, -0.05) is 24.3 Å². The van der Waals surface area contributed by atoms with Gasteiger partial charge in [0.2, 0.25) is 10.0 Å². The van der Waals surface area contributed by atoms with Crippen LogP contribution in [0, 0.1) is 0 Å². The van der Waals surface area contributed by atoms with E-state index in [2.05, 4.69) is 15.7 Å². The minimum Gasteiger partial charge on any atom is -0.308 e. The molecule has 2 aromatic carbocycles. The van der Waals surface area contributed by atoms with Crippen LogP contribution < -0.4 is 14.9 Å². The third-order valence-corrected chi connectivity index (χ3v) is 9.35. The highest BCUT2D eigenvalue weighted by atomic mass is 32.3. The smallest absolute Gasteiger partial charge is 0.308 e. The Balaban J connectivity index is 1.40. The zero-order valence-electron chi connectivity index (χ0n) is 19.2. The van der Waals surface area contributed by atoms with Gasteiger partial charge in [0.15, 0.2) is 0 Å². The van der Waals surface area contributed by atoms with E-state index < -0.39 is 32.5 Å². The first kappa shape index (κ1) is 25.6. The molecule has 13 heteroatoms. The van der Waals surface area contributed by atoms with Gasteiger partial charge in [-0.25, -0.2) is 13.2 Å². The van der Waals surface area contributed by atoms with Gasteiger partial charge < -0.3 is 10.6 Å². The van der Waals surface area contributed by atoms with E-state index in [1.807, 2.05) is 6.07 Å². The highest BCUT2D eigenvalue weighted by Crippen LogP contribution is 2.43. The van der Waals surface area contributed by atoms with E-state index in [0.29, 0.717) is 22.0 Å². The molecule has 3 aromatic rings. The largest absolute Gasteiger partial charge is 0.433 e. The monoisotopic (exact) mass is 537 g/mol. The Bertz CT molecular complexity index is 1390. The summed E-state index contributed by atoms with van der Waals surface area (Å²) in [4.78, 5) is 12.5. The predicted octanol–water partition coefficient (Wildman–Crippen LogP) is 5.35. The molecule has 4 rings (SSSR count). The molecule has 36 heavy (non-hydrogen) atoms. The van der Waals surface area contributed by atoms with Gasteiger partial charge in [0.05, 0.1) is 11.4 Å². The molecule has 0 saturated carbocycles. The molecule has 0 radical (unpaired) electrons. The van der Waals surface area contributed by atoms with Crippen LogP contribution in [0.4, 0.5) is 35.0 Å². The van der Waals surface area contributed by atoms with Crippen LogP contribution in [0.3, 0.4) is 0 Å². The molecule has 2 N–H and O–H groups in total. The Kier molecular flexibility index (Phi) is 7.05. The molecule has 0 aliphatic carbocycles. The van der Waals surface area contributed by atoms with E-state index >= 15 is 0 Å². The lowest BCUT2D eigenvalue weighted by atomic mass is 10.3. The molecule has 0 fully saturated rings. The molecule has 0 saturated heterocycles. The van der Waals surface area contributed by atoms with E-state index in [-0.39, 0.29) is 12.1 Å². The van der Waals surface area contributed by atoms with E-state index in [4.69, 9.17) is 0 Å². The summed E-state index contributed by atoms with van der Waals surface area (Å²) in [5, 5.41) is 9.26. The summed E-state index contributed by atoms with van der Waals surface area (Å²) >= 11 is 0.962. The van der Waals surface area contributed by atoms with Crippen molar-refractivity contribution in [1.29, 1.82) is 0 Å². The highest BCUT2D eigenvalue weighted by Gasteiger charge is 2.38. The summed E-state index contributed by atoms with van der Waals surface area (Å²) in [6, 6.07) is 15.6. The maximum Gasteiger partial charge on any atom is 0.433 e. The van der Waals surface area contributed by atoms with E-state index in [0.717, 1.165) is 26.8 Å². The van der Waals surface area contributed by atoms with Crippen LogP contribution in [0.5, 0.6) is 0 Å². The van der Waals surface area contributed by atoms with E-state index in [1.165, 1.54) is 14.1 Å². The number of aromatic nitrogens is 2. The number of urea groups is 1. The number of carbonyl (C=O) groups is 1. The first-order valence-electron chi connectivity index (χ1n) is 10.6. The maximum atomic E-state index is 13.2. The van der Waals surface area contributed by atoms with Gasteiger partial charge in [0.1, 0.15) is 10.3 Å². The topological polar surface area (TPSA) is 96.3 Å². The quantitative estimate of drug-likeness (QED) is 0.442. The molecule has 1 aliphatic rings. The number of hydrogen-bond donors (Lipinski definition) is 2. The minimum absolute atomic E-state index is 0.0828. The van der Waals surface area contributed by atoms with Crippen molar-refractivity contribution in [2.75, 3.05) is 22.0 Å². The first-order valence-corrected chi connectivity index (χ1v) is 13.0. The van der Waals surface area contributed by atoms with Crippen LogP contribution >= 0.6 is 11.8 Å². The van der Waals surface area contributed by atoms with Gasteiger partial charge >= 0.3 is 12.2 Å². The number of nitrogens with zero attached hydrogens (tertiary/aromatic N) is 3. The van der Waals surface area contributed by atoms with Gasteiger partial charge in [-0.15, -0.1) is 11.8 Å². The van der Waals surface area contributed by atoms with Crippen molar-refractivity contribution < 1.29 is 26.4 Å². The number of nitrogens with one attached hydrogen (secondary N) is 2. The standard InChI is InChI=1S/C23H22F3N5O3S2/c1-30-20(23(24,25)26)14-18(29-30)19-12-13-21(35-19)36(33,34)31(2)17-10-8-16(9-11-17)28-22(32)27-15-6-4-3-5-7-15/h3-12,14,21H,13H2,1-2H3,(H2,27,28,32). The number of para-hydroxylation sites is 1. The van der Waals surface area contributed by atoms with Gasteiger partial charge in [0, 0.05) is 30.4 Å². The molecular formula is C23H22F3N5O3S2. The number of rotatable bonds is 6. The number of amides is 2. The van der Waals surface area contributed by atoms with Crippen LogP contribution in [-0.2, 0) is 23.2 Å². The lowest BCUT2D eigenvalue weighted by Crippen LogP contribution is -2.33. The summed E-state index contributed by atoms with van der Waals surface area (Å²) in [6.45, 7) is 0. The molecule has 8 nitrogen and oxygen atoms in total. The van der Waals surface area contributed by atoms with Crippen LogP contribution in [0.1, 0.15) is 17.8 Å². The summed E-state index contributed by atoms with van der Waals surface area (Å²) in [5.41, 5.74) is 0.635. The zero-order chi connectivity index (χ0) is 26.1. The van der Waals surface area contributed by atoms with Gasteiger partial charge in [0.25, 0.3) is 0 Å². The molecule has 190 valence electrons. The second-order valence-electron chi connectivity index (χ2n) is 7.89. The number of aryl methyl sites for hydroxylation is 1. The molecule has 0 bridgehead atoms. The number of thioether (sulfide) groups is 1. The third kappa shape index (κ3) is 5.51. The molecule has 0 spiro atoms. The van der Waals surface area contributed by atoms with Gasteiger partial charge in [-0.3, -0.25) is 8.99 Å². The number of benzene rings is 2. The fraction of sp³-hybridized carbons (Fsp3) is 0.217. The Morgan fingerprint density at radius 2 is 1.69 bits per heavy atom. The SMILES string of the molecule is CN(c1ccc(NC(=O)Nc2ccccc2)cc1)S(=O)(=O)C1CC=C(c2cc(C(F)(F)F)n(C)n2)S1. The maximum absolute atomic E-state index is 13.2. The molecule has 1 aliphatic heterocycles. The number of allylic oxidation sites excluding steroid dienone is 1. The first-order chi connectivity index (χ1) is 16.9. The minimum atomic E-state index is -4.56. The summed E-state index contributed by atoms with van der Waals surface area (Å²) in [7, 11) is -1.26. The van der Waals surface area contributed by atoms with Crippen molar-refractivity contribution in [2.45, 2.75) is 17.2 Å². The van der Waals surface area contributed by atoms with Crippen LogP contribution in [0.2, 0.25) is 0 Å². The molecule has 1 unspecified atom stereocenters. The number of sulfonamides is 1. The van der Waals surface area contributed by atoms with Gasteiger partial charge in [-0.05, 0) is 48.9 Å². The van der Waals surface area contributed by atoms with Crippen LogP contribution in [-0.4, -0.2) is 35.9 Å². The van der Waals surface area contributed by atoms with Crippen molar-refractivity contribution in [3.05, 3.63) is 78.1 Å². The average Bonchev–Trinajstić information content (AvgIpc) is 3.47. The normalized spacial score (nSPS) is 15.9. The summed E-state index contributed by atoms with van der Waals surface area (Å²) < 4.78 is 66.6. The highest BCUT2D eigenvalue weighted by molar-refractivity contribution is 8.19. The number of hydrogen-bond acceptors (Lipinski definition) is 5. The summed E-state index contributed by atoms with van der Waals surface area (Å²) in [5.74, 6) is 0. The fourth-order valence-electron chi connectivity index (χ4n) is 3.53. The molecular weight excluding hydrogens is 515 g/mol. The van der Waals surface area contributed by atoms with Crippen molar-refractivity contribution in [3.8, 4) is 0 Å². The van der Waals surface area contributed by atoms with Crippen molar-refractivity contribution in [1.82, 2.24) is 9.78 Å². The second kappa shape index (κ2) is 9.90. The zero-order valence-corrected chi connectivity index (χ0v) is 20.8. The lowest BCUT2D eigenvalue weighted by Gasteiger charge is -2.23. The number of anilines is 3. The van der Waals surface area contributed by atoms with Gasteiger partial charge in [-0.2, -0.15) is 18.3 Å². The Labute approximate surface area is 210 Å². The number of alkyl halides is 3. The lowest BCUT2D eigenvalue weighted by molar-refractivity contribution is -0.143. The van der Waals surface area contributed by atoms with Crippen molar-refractivity contribution in [2.24, 2.45) is 7.05 Å². The predicted molar refractivity (Wildman–Crippen MR) is 135 cm³/mol. The van der Waals surface area contributed by atoms with Crippen LogP contribution in [0.25, 0.3) is 4.91 Å². The second-order valence-corrected chi connectivity index (χ2v) is 11.6. The molecule has 1 aromatic heterocycles. The Morgan fingerprint density at radius 1 is 1.08 bits per heavy atom. The number of halogens is 3. The average molecular weight is 538 g/mol. The molecule has 1 atom stereocenters.